The summed E-state index contributed by atoms with van der Waals surface area (Å²) in [5.41, 5.74) is -0.0272. The van der Waals surface area contributed by atoms with E-state index in [0.717, 1.165) is 0 Å². The average Bonchev–Trinajstić information content (AvgIpc) is 2.29. The monoisotopic (exact) mass is 221 g/mol. The van der Waals surface area contributed by atoms with Crippen LogP contribution in [0.2, 0.25) is 0 Å². The highest BCUT2D eigenvalue weighted by atomic mass is 19.1. The van der Waals surface area contributed by atoms with E-state index in [1.165, 1.54) is 31.5 Å². The Balaban J connectivity index is 2.93. The van der Waals surface area contributed by atoms with Gasteiger partial charge in [-0.2, -0.15) is 0 Å². The molecule has 0 aliphatic rings. The van der Waals surface area contributed by atoms with E-state index >= 15 is 0 Å². The Morgan fingerprint density at radius 3 is 2.81 bits per heavy atom. The normalized spacial score (nSPS) is 10.4. The van der Waals surface area contributed by atoms with Crippen molar-refractivity contribution in [2.45, 2.75) is 0 Å². The molecule has 0 aliphatic carbocycles. The smallest absolute Gasteiger partial charge is 0.336 e. The zero-order chi connectivity index (χ0) is 11.7. The molecule has 82 valence electrons. The number of carbonyl (C=O) groups is 1. The molecule has 16 heavy (non-hydrogen) atoms. The van der Waals surface area contributed by atoms with Crippen LogP contribution in [-0.2, 0) is 0 Å². The second-order valence-corrected chi connectivity index (χ2v) is 3.14. The van der Waals surface area contributed by atoms with Gasteiger partial charge in [0.05, 0.1) is 18.1 Å². The van der Waals surface area contributed by atoms with Crippen LogP contribution < -0.4 is 4.74 Å². The highest BCUT2D eigenvalue weighted by Gasteiger charge is 2.15. The Kier molecular flexibility index (Phi) is 2.44. The molecule has 0 bridgehead atoms. The molecule has 1 N–H and O–H groups in total. The van der Waals surface area contributed by atoms with Gasteiger partial charge in [-0.05, 0) is 18.2 Å². The van der Waals surface area contributed by atoms with Gasteiger partial charge in [-0.15, -0.1) is 0 Å². The van der Waals surface area contributed by atoms with Crippen molar-refractivity contribution in [2.24, 2.45) is 0 Å². The fraction of sp³-hybridized carbons (Fsp3) is 0.0909. The number of halogens is 1. The Morgan fingerprint density at radius 2 is 2.19 bits per heavy atom. The molecule has 1 aromatic heterocycles. The molecular formula is C11H8FNO3. The van der Waals surface area contributed by atoms with Gasteiger partial charge < -0.3 is 9.84 Å². The largest absolute Gasteiger partial charge is 0.496 e. The van der Waals surface area contributed by atoms with Crippen molar-refractivity contribution < 1.29 is 19.0 Å². The minimum absolute atomic E-state index is 0.000694. The number of hydrogen-bond acceptors (Lipinski definition) is 3. The lowest BCUT2D eigenvalue weighted by Gasteiger charge is -2.07. The topological polar surface area (TPSA) is 59.4 Å². The summed E-state index contributed by atoms with van der Waals surface area (Å²) >= 11 is 0. The van der Waals surface area contributed by atoms with E-state index in [0.29, 0.717) is 5.75 Å². The van der Waals surface area contributed by atoms with Crippen LogP contribution >= 0.6 is 0 Å². The third-order valence-corrected chi connectivity index (χ3v) is 2.25. The SMILES string of the molecule is COc1ccc(F)c2nccc(C(=O)O)c12. The number of fused-ring (bicyclic) bond motifs is 1. The molecule has 0 aliphatic heterocycles. The van der Waals surface area contributed by atoms with Crippen molar-refractivity contribution >= 4 is 16.9 Å². The van der Waals surface area contributed by atoms with Crippen LogP contribution in [0, 0.1) is 5.82 Å². The molecule has 0 atom stereocenters. The maximum atomic E-state index is 13.4. The average molecular weight is 221 g/mol. The van der Waals surface area contributed by atoms with E-state index in [1.807, 2.05) is 0 Å². The number of carboxylic acid groups (broad SMARTS) is 1. The number of aromatic carboxylic acids is 1. The van der Waals surface area contributed by atoms with Gasteiger partial charge in [-0.3, -0.25) is 4.98 Å². The van der Waals surface area contributed by atoms with Gasteiger partial charge in [0.2, 0.25) is 0 Å². The zero-order valence-corrected chi connectivity index (χ0v) is 8.40. The lowest BCUT2D eigenvalue weighted by atomic mass is 10.1. The quantitative estimate of drug-likeness (QED) is 0.843. The number of ether oxygens (including phenoxy) is 1. The zero-order valence-electron chi connectivity index (χ0n) is 8.40. The number of nitrogens with zero attached hydrogens (tertiary/aromatic N) is 1. The summed E-state index contributed by atoms with van der Waals surface area (Å²) in [6.45, 7) is 0. The van der Waals surface area contributed by atoms with Gasteiger partial charge in [0.15, 0.2) is 0 Å². The fourth-order valence-corrected chi connectivity index (χ4v) is 1.55. The molecule has 2 aromatic rings. The molecule has 0 saturated heterocycles. The van der Waals surface area contributed by atoms with Crippen molar-refractivity contribution in [3.8, 4) is 5.75 Å². The standard InChI is InChI=1S/C11H8FNO3/c1-16-8-3-2-7(12)10-9(8)6(11(14)15)4-5-13-10/h2-5H,1H3,(H,14,15). The molecule has 0 radical (unpaired) electrons. The molecule has 1 aromatic carbocycles. The summed E-state index contributed by atoms with van der Waals surface area (Å²) in [6.07, 6.45) is 1.26. The highest BCUT2D eigenvalue weighted by molar-refractivity contribution is 6.05. The molecule has 4 nitrogen and oxygen atoms in total. The molecule has 5 heteroatoms. The van der Waals surface area contributed by atoms with E-state index in [-0.39, 0.29) is 16.5 Å². The number of pyridine rings is 1. The number of aromatic nitrogens is 1. The van der Waals surface area contributed by atoms with Crippen LogP contribution in [0.25, 0.3) is 10.9 Å². The lowest BCUT2D eigenvalue weighted by molar-refractivity contribution is 0.0698. The summed E-state index contributed by atoms with van der Waals surface area (Å²) in [7, 11) is 1.39. The van der Waals surface area contributed by atoms with Crippen molar-refractivity contribution in [1.29, 1.82) is 0 Å². The van der Waals surface area contributed by atoms with Crippen LogP contribution in [0.4, 0.5) is 4.39 Å². The molecule has 0 spiro atoms. The number of hydrogen-bond donors (Lipinski definition) is 1. The van der Waals surface area contributed by atoms with E-state index < -0.39 is 11.8 Å². The van der Waals surface area contributed by atoms with Gasteiger partial charge >= 0.3 is 5.97 Å². The first-order valence-electron chi connectivity index (χ1n) is 4.49. The number of methoxy groups -OCH3 is 1. The van der Waals surface area contributed by atoms with Gasteiger partial charge in [0, 0.05) is 6.20 Å². The summed E-state index contributed by atoms with van der Waals surface area (Å²) < 4.78 is 18.4. The van der Waals surface area contributed by atoms with Crippen molar-refractivity contribution in [1.82, 2.24) is 4.98 Å². The first kappa shape index (κ1) is 10.4. The maximum absolute atomic E-state index is 13.4. The van der Waals surface area contributed by atoms with Crippen LogP contribution in [-0.4, -0.2) is 23.2 Å². The molecule has 1 heterocycles. The summed E-state index contributed by atoms with van der Waals surface area (Å²) in [5, 5.41) is 9.17. The van der Waals surface area contributed by atoms with Gasteiger partial charge in [-0.1, -0.05) is 0 Å². The van der Waals surface area contributed by atoms with E-state index in [1.54, 1.807) is 0 Å². The number of benzene rings is 1. The Hall–Kier alpha value is -2.17. The number of rotatable bonds is 2. The Labute approximate surface area is 90.3 Å². The fourth-order valence-electron chi connectivity index (χ4n) is 1.55. The number of carboxylic acids is 1. The van der Waals surface area contributed by atoms with Crippen LogP contribution in [0.15, 0.2) is 24.4 Å². The van der Waals surface area contributed by atoms with Crippen molar-refractivity contribution in [2.75, 3.05) is 7.11 Å². The second-order valence-electron chi connectivity index (χ2n) is 3.14. The van der Waals surface area contributed by atoms with Gasteiger partial charge in [-0.25, -0.2) is 9.18 Å². The lowest BCUT2D eigenvalue weighted by Crippen LogP contribution is -2.01. The van der Waals surface area contributed by atoms with Crippen molar-refractivity contribution in [3.05, 3.63) is 35.8 Å². The minimum atomic E-state index is -1.14. The predicted molar refractivity (Wildman–Crippen MR) is 55.2 cm³/mol. The summed E-state index contributed by atoms with van der Waals surface area (Å²) in [4.78, 5) is 14.8. The molecule has 0 fully saturated rings. The Morgan fingerprint density at radius 1 is 1.44 bits per heavy atom. The van der Waals surface area contributed by atoms with Crippen LogP contribution in [0.3, 0.4) is 0 Å². The third-order valence-electron chi connectivity index (χ3n) is 2.25. The Bertz CT molecular complexity index is 568. The molecule has 2 rings (SSSR count). The second kappa shape index (κ2) is 3.77. The summed E-state index contributed by atoms with van der Waals surface area (Å²) in [5.74, 6) is -1.42. The van der Waals surface area contributed by atoms with Crippen LogP contribution in [0.1, 0.15) is 10.4 Å². The third kappa shape index (κ3) is 1.46. The molecule has 0 amide bonds. The van der Waals surface area contributed by atoms with Crippen LogP contribution in [0.5, 0.6) is 5.75 Å². The minimum Gasteiger partial charge on any atom is -0.496 e. The van der Waals surface area contributed by atoms with E-state index in [4.69, 9.17) is 9.84 Å². The first-order chi connectivity index (χ1) is 7.65. The molecule has 0 unspecified atom stereocenters. The van der Waals surface area contributed by atoms with Crippen molar-refractivity contribution in [3.63, 3.8) is 0 Å². The van der Waals surface area contributed by atoms with Gasteiger partial charge in [0.1, 0.15) is 17.1 Å². The van der Waals surface area contributed by atoms with E-state index in [9.17, 15) is 9.18 Å². The predicted octanol–water partition coefficient (Wildman–Crippen LogP) is 2.08. The summed E-state index contributed by atoms with van der Waals surface area (Å²) in [6, 6.07) is 3.89. The highest BCUT2D eigenvalue weighted by Crippen LogP contribution is 2.29. The van der Waals surface area contributed by atoms with E-state index in [2.05, 4.69) is 4.98 Å². The maximum Gasteiger partial charge on any atom is 0.336 e. The molecular weight excluding hydrogens is 213 g/mol. The first-order valence-corrected chi connectivity index (χ1v) is 4.49. The van der Waals surface area contributed by atoms with Gasteiger partial charge in [0.25, 0.3) is 0 Å². The molecule has 0 saturated carbocycles.